The normalized spacial score (nSPS) is 16.5. The van der Waals surface area contributed by atoms with Crippen molar-refractivity contribution in [2.24, 2.45) is 5.10 Å². The Labute approximate surface area is 171 Å². The van der Waals surface area contributed by atoms with Gasteiger partial charge >= 0.3 is 0 Å². The summed E-state index contributed by atoms with van der Waals surface area (Å²) in [6.07, 6.45) is 0.635. The van der Waals surface area contributed by atoms with Gasteiger partial charge in [-0.25, -0.2) is 4.39 Å². The highest BCUT2D eigenvalue weighted by molar-refractivity contribution is 6.35. The number of halogens is 4. The summed E-state index contributed by atoms with van der Waals surface area (Å²) in [5, 5.41) is 8.55. The molecule has 3 aromatic rings. The van der Waals surface area contributed by atoms with Crippen molar-refractivity contribution in [2.45, 2.75) is 12.5 Å². The highest BCUT2D eigenvalue weighted by Gasteiger charge is 2.31. The third-order valence-corrected chi connectivity index (χ3v) is 5.31. The summed E-state index contributed by atoms with van der Waals surface area (Å²) in [7, 11) is 0. The van der Waals surface area contributed by atoms with E-state index in [1.807, 2.05) is 41.4 Å². The van der Waals surface area contributed by atoms with Crippen molar-refractivity contribution in [1.82, 2.24) is 0 Å². The molecule has 0 radical (unpaired) electrons. The van der Waals surface area contributed by atoms with E-state index >= 15 is 0 Å². The first-order chi connectivity index (χ1) is 13.0. The molecule has 0 saturated heterocycles. The summed E-state index contributed by atoms with van der Waals surface area (Å²) in [6.45, 7) is 0. The van der Waals surface area contributed by atoms with Crippen LogP contribution in [0.1, 0.15) is 23.6 Å². The van der Waals surface area contributed by atoms with Crippen LogP contribution in [0, 0.1) is 5.82 Å². The predicted octanol–water partition coefficient (Wildman–Crippen LogP) is 7.14. The van der Waals surface area contributed by atoms with E-state index in [9.17, 15) is 4.39 Å². The van der Waals surface area contributed by atoms with Gasteiger partial charge in [-0.05, 0) is 59.7 Å². The second-order valence-electron chi connectivity index (χ2n) is 6.26. The number of hydrazone groups is 1. The van der Waals surface area contributed by atoms with Gasteiger partial charge in [-0.1, -0.05) is 53.0 Å². The van der Waals surface area contributed by atoms with Crippen LogP contribution < -0.4 is 5.01 Å². The van der Waals surface area contributed by atoms with Crippen LogP contribution >= 0.6 is 34.8 Å². The molecule has 27 heavy (non-hydrogen) atoms. The summed E-state index contributed by atoms with van der Waals surface area (Å²) in [5.41, 5.74) is 3.56. The van der Waals surface area contributed by atoms with Crippen molar-refractivity contribution in [3.8, 4) is 0 Å². The lowest BCUT2D eigenvalue weighted by Gasteiger charge is -2.25. The van der Waals surface area contributed by atoms with Crippen molar-refractivity contribution in [3.05, 3.63) is 98.7 Å². The maximum Gasteiger partial charge on any atom is 0.123 e. The molecule has 136 valence electrons. The Kier molecular flexibility index (Phi) is 5.09. The van der Waals surface area contributed by atoms with Crippen LogP contribution in [0.5, 0.6) is 0 Å². The van der Waals surface area contributed by atoms with Crippen molar-refractivity contribution in [3.63, 3.8) is 0 Å². The number of rotatable bonds is 3. The van der Waals surface area contributed by atoms with Gasteiger partial charge in [0.15, 0.2) is 0 Å². The molecule has 6 heteroatoms. The van der Waals surface area contributed by atoms with Crippen LogP contribution in [-0.4, -0.2) is 5.71 Å². The minimum Gasteiger partial charge on any atom is -0.257 e. The molecule has 2 nitrogen and oxygen atoms in total. The Morgan fingerprint density at radius 3 is 2.19 bits per heavy atom. The van der Waals surface area contributed by atoms with Crippen LogP contribution in [0.4, 0.5) is 10.1 Å². The summed E-state index contributed by atoms with van der Waals surface area (Å²) in [5.74, 6) is -0.274. The van der Waals surface area contributed by atoms with Crippen LogP contribution in [-0.2, 0) is 0 Å². The first-order valence-corrected chi connectivity index (χ1v) is 9.48. The quantitative estimate of drug-likeness (QED) is 0.440. The van der Waals surface area contributed by atoms with Crippen LogP contribution in [0.3, 0.4) is 0 Å². The minimum atomic E-state index is -0.274. The lowest BCUT2D eigenvalue weighted by molar-refractivity contribution is 0.627. The Hall–Kier alpha value is -2.07. The number of anilines is 1. The van der Waals surface area contributed by atoms with Gasteiger partial charge in [0.25, 0.3) is 0 Å². The maximum absolute atomic E-state index is 13.3. The first-order valence-electron chi connectivity index (χ1n) is 8.34. The number of benzene rings is 3. The fourth-order valence-electron chi connectivity index (χ4n) is 3.17. The zero-order valence-corrected chi connectivity index (χ0v) is 16.3. The number of hydrogen-bond donors (Lipinski definition) is 0. The molecule has 0 unspecified atom stereocenters. The van der Waals surface area contributed by atoms with Crippen molar-refractivity contribution in [2.75, 3.05) is 5.01 Å². The van der Waals surface area contributed by atoms with Gasteiger partial charge in [-0.15, -0.1) is 0 Å². The Balaban J connectivity index is 1.77. The van der Waals surface area contributed by atoms with Gasteiger partial charge in [-0.2, -0.15) is 5.10 Å². The van der Waals surface area contributed by atoms with Gasteiger partial charge in [0.1, 0.15) is 5.82 Å². The number of hydrogen-bond acceptors (Lipinski definition) is 2. The van der Waals surface area contributed by atoms with E-state index in [2.05, 4.69) is 0 Å². The molecule has 0 aliphatic carbocycles. The predicted molar refractivity (Wildman–Crippen MR) is 111 cm³/mol. The Morgan fingerprint density at radius 2 is 1.52 bits per heavy atom. The van der Waals surface area contributed by atoms with Gasteiger partial charge in [0.05, 0.1) is 17.4 Å². The molecule has 0 amide bonds. The van der Waals surface area contributed by atoms with E-state index in [0.29, 0.717) is 21.5 Å². The third-order valence-electron chi connectivity index (χ3n) is 4.50. The summed E-state index contributed by atoms with van der Waals surface area (Å²) in [6, 6.07) is 19.2. The zero-order chi connectivity index (χ0) is 19.0. The fourth-order valence-corrected chi connectivity index (χ4v) is 3.83. The van der Waals surface area contributed by atoms with Gasteiger partial charge in [-0.3, -0.25) is 5.01 Å². The summed E-state index contributed by atoms with van der Waals surface area (Å²) >= 11 is 18.6. The molecule has 0 fully saturated rings. The van der Waals surface area contributed by atoms with E-state index in [-0.39, 0.29) is 11.9 Å². The molecule has 1 aliphatic rings. The Bertz CT molecular complexity index is 1000. The standard InChI is InChI=1S/C21H14Cl3FN2/c22-14-3-8-17(9-4-14)27-21(18-10-5-15(23)11-19(18)24)12-20(26-27)13-1-6-16(25)7-2-13/h1-11,21H,12H2/t21-/m0/s1. The average molecular weight is 420 g/mol. The van der Waals surface area contributed by atoms with Crippen molar-refractivity contribution >= 4 is 46.2 Å². The molecule has 1 aliphatic heterocycles. The second-order valence-corrected chi connectivity index (χ2v) is 7.54. The third kappa shape index (κ3) is 3.81. The largest absolute Gasteiger partial charge is 0.257 e. The maximum atomic E-state index is 13.3. The van der Waals surface area contributed by atoms with E-state index < -0.39 is 0 Å². The molecule has 0 aromatic heterocycles. The highest BCUT2D eigenvalue weighted by Crippen LogP contribution is 2.40. The van der Waals surface area contributed by atoms with E-state index in [1.165, 1.54) is 12.1 Å². The first kappa shape index (κ1) is 18.3. The SMILES string of the molecule is Fc1ccc(C2=NN(c3ccc(Cl)cc3)[C@H](c3ccc(Cl)cc3Cl)C2)cc1. The van der Waals surface area contributed by atoms with Crippen molar-refractivity contribution in [1.29, 1.82) is 0 Å². The van der Waals surface area contributed by atoms with Gasteiger partial charge < -0.3 is 0 Å². The fraction of sp³-hybridized carbons (Fsp3) is 0.0952. The molecule has 1 atom stereocenters. The van der Waals surface area contributed by atoms with Crippen LogP contribution in [0.15, 0.2) is 71.8 Å². The van der Waals surface area contributed by atoms with E-state index in [0.717, 1.165) is 22.5 Å². The molecule has 4 rings (SSSR count). The zero-order valence-electron chi connectivity index (χ0n) is 14.0. The van der Waals surface area contributed by atoms with Crippen molar-refractivity contribution < 1.29 is 4.39 Å². The second kappa shape index (κ2) is 7.51. The van der Waals surface area contributed by atoms with Crippen LogP contribution in [0.2, 0.25) is 15.1 Å². The molecule has 3 aromatic carbocycles. The Morgan fingerprint density at radius 1 is 0.852 bits per heavy atom. The van der Waals surface area contributed by atoms with Gasteiger partial charge in [0, 0.05) is 21.5 Å². The molecular formula is C21H14Cl3FN2. The molecule has 0 N–H and O–H groups in total. The monoisotopic (exact) mass is 418 g/mol. The molecular weight excluding hydrogens is 406 g/mol. The van der Waals surface area contributed by atoms with E-state index in [4.69, 9.17) is 39.9 Å². The van der Waals surface area contributed by atoms with Crippen LogP contribution in [0.25, 0.3) is 0 Å². The molecule has 1 heterocycles. The summed E-state index contributed by atoms with van der Waals surface area (Å²) in [4.78, 5) is 0. The number of nitrogens with zero attached hydrogens (tertiary/aromatic N) is 2. The molecule has 0 spiro atoms. The van der Waals surface area contributed by atoms with Gasteiger partial charge in [0.2, 0.25) is 0 Å². The molecule has 0 saturated carbocycles. The smallest absolute Gasteiger partial charge is 0.123 e. The van der Waals surface area contributed by atoms with E-state index in [1.54, 1.807) is 18.2 Å². The highest BCUT2D eigenvalue weighted by atomic mass is 35.5. The average Bonchev–Trinajstić information content (AvgIpc) is 3.08. The molecule has 0 bridgehead atoms. The topological polar surface area (TPSA) is 15.6 Å². The minimum absolute atomic E-state index is 0.101. The lowest BCUT2D eigenvalue weighted by Crippen LogP contribution is -2.18. The summed E-state index contributed by atoms with van der Waals surface area (Å²) < 4.78 is 13.3. The lowest BCUT2D eigenvalue weighted by atomic mass is 9.98.